The van der Waals surface area contributed by atoms with Crippen LogP contribution in [0.3, 0.4) is 0 Å². The van der Waals surface area contributed by atoms with Gasteiger partial charge in [-0.15, -0.1) is 0 Å². The Morgan fingerprint density at radius 1 is 1.22 bits per heavy atom. The number of esters is 2. The fourth-order valence-corrected chi connectivity index (χ4v) is 4.51. The maximum atomic E-state index is 12.4. The number of carbonyl (C=O) groups excluding carboxylic acids is 3. The molecular weight excluding hydrogens is 458 g/mol. The Morgan fingerprint density at radius 3 is 2.66 bits per heavy atom. The number of nitro groups is 1. The van der Waals surface area contributed by atoms with Crippen molar-refractivity contribution in [2.45, 2.75) is 13.5 Å². The van der Waals surface area contributed by atoms with E-state index in [4.69, 9.17) is 9.47 Å². The number of fused-ring (bicyclic) bond motifs is 1. The summed E-state index contributed by atoms with van der Waals surface area (Å²) in [7, 11) is 1.27. The number of nitrogens with zero attached hydrogens (tertiary/aromatic N) is 3. The molecule has 12 heteroatoms. The summed E-state index contributed by atoms with van der Waals surface area (Å²) >= 11 is 2.05. The molecule has 32 heavy (non-hydrogen) atoms. The molecule has 2 aromatic heterocycles. The van der Waals surface area contributed by atoms with Crippen LogP contribution in [0.4, 0.5) is 5.00 Å². The van der Waals surface area contributed by atoms with Crippen LogP contribution in [0, 0.1) is 10.1 Å². The van der Waals surface area contributed by atoms with Gasteiger partial charge in [0, 0.05) is 17.0 Å². The lowest BCUT2D eigenvalue weighted by atomic mass is 10.2. The lowest BCUT2D eigenvalue weighted by Crippen LogP contribution is -2.22. The molecule has 1 amide bonds. The number of ether oxygens (including phenoxy) is 2. The van der Waals surface area contributed by atoms with Gasteiger partial charge >= 0.3 is 16.9 Å². The van der Waals surface area contributed by atoms with E-state index in [1.54, 1.807) is 25.1 Å². The number of thiophene rings is 1. The van der Waals surface area contributed by atoms with Crippen LogP contribution >= 0.6 is 22.7 Å². The largest absolute Gasteiger partial charge is 0.465 e. The van der Waals surface area contributed by atoms with Gasteiger partial charge in [0.15, 0.2) is 4.80 Å². The van der Waals surface area contributed by atoms with Crippen molar-refractivity contribution < 1.29 is 28.8 Å². The van der Waals surface area contributed by atoms with Gasteiger partial charge < -0.3 is 14.0 Å². The average molecular weight is 476 g/mol. The molecule has 0 fully saturated rings. The molecule has 0 aliphatic rings. The Morgan fingerprint density at radius 2 is 2.00 bits per heavy atom. The topological polar surface area (TPSA) is 130 Å². The first-order valence-electron chi connectivity index (χ1n) is 9.20. The third kappa shape index (κ3) is 5.34. The molecule has 2 heterocycles. The molecule has 0 N–H and O–H groups in total. The van der Waals surface area contributed by atoms with Crippen molar-refractivity contribution >= 4 is 61.8 Å². The van der Waals surface area contributed by atoms with E-state index in [9.17, 15) is 24.5 Å². The number of carbonyl (C=O) groups is 3. The second-order valence-corrected chi connectivity index (χ2v) is 8.27. The molecule has 3 aromatic rings. The minimum absolute atomic E-state index is 0.0350. The zero-order chi connectivity index (χ0) is 23.3. The standard InChI is InChI=1S/C20H17N3O7S2/c1-3-30-18(25)11-22-14-7-4-12(19(26)29-2)10-15(14)32-20(22)21-16(24)8-5-13-6-9-17(31-13)23(27)28/h4-10H,3,11H2,1-2H3/b8-5-,21-20?. The van der Waals surface area contributed by atoms with E-state index in [0.717, 1.165) is 22.7 Å². The highest BCUT2D eigenvalue weighted by Gasteiger charge is 2.14. The predicted octanol–water partition coefficient (Wildman–Crippen LogP) is 3.16. The Hall–Kier alpha value is -3.64. The second kappa shape index (κ2) is 10.1. The van der Waals surface area contributed by atoms with Gasteiger partial charge in [-0.25, -0.2) is 4.79 Å². The van der Waals surface area contributed by atoms with Gasteiger partial charge in [-0.1, -0.05) is 22.7 Å². The van der Waals surface area contributed by atoms with Crippen LogP contribution in [0.5, 0.6) is 0 Å². The van der Waals surface area contributed by atoms with E-state index in [1.807, 2.05) is 0 Å². The maximum Gasteiger partial charge on any atom is 0.337 e. The van der Waals surface area contributed by atoms with Crippen molar-refractivity contribution in [3.05, 3.63) is 61.8 Å². The average Bonchev–Trinajstić information content (AvgIpc) is 3.37. The molecule has 3 rings (SSSR count). The van der Waals surface area contributed by atoms with Gasteiger partial charge in [0.2, 0.25) is 0 Å². The van der Waals surface area contributed by atoms with Gasteiger partial charge in [0.05, 0.1) is 34.4 Å². The zero-order valence-electron chi connectivity index (χ0n) is 17.0. The first-order valence-corrected chi connectivity index (χ1v) is 10.8. The van der Waals surface area contributed by atoms with E-state index in [0.29, 0.717) is 20.7 Å². The van der Waals surface area contributed by atoms with Gasteiger partial charge in [-0.05, 0) is 37.3 Å². The van der Waals surface area contributed by atoms with E-state index in [1.165, 1.54) is 36.0 Å². The monoisotopic (exact) mass is 475 g/mol. The number of amides is 1. The number of rotatable bonds is 7. The first-order chi connectivity index (χ1) is 15.3. The summed E-state index contributed by atoms with van der Waals surface area (Å²) in [5, 5.41) is 10.7. The van der Waals surface area contributed by atoms with Crippen molar-refractivity contribution in [3.63, 3.8) is 0 Å². The Labute approximate surface area is 189 Å². The normalized spacial score (nSPS) is 11.8. The van der Waals surface area contributed by atoms with Crippen LogP contribution in [-0.4, -0.2) is 41.1 Å². The number of thiazole rings is 1. The Balaban J connectivity index is 1.99. The number of aromatic nitrogens is 1. The van der Waals surface area contributed by atoms with E-state index in [2.05, 4.69) is 4.99 Å². The molecule has 166 valence electrons. The molecule has 0 atom stereocenters. The van der Waals surface area contributed by atoms with E-state index in [-0.39, 0.29) is 23.0 Å². The molecular formula is C20H17N3O7S2. The van der Waals surface area contributed by atoms with Gasteiger partial charge in [0.25, 0.3) is 5.91 Å². The number of benzene rings is 1. The minimum Gasteiger partial charge on any atom is -0.465 e. The number of hydrogen-bond acceptors (Lipinski definition) is 9. The fraction of sp³-hybridized carbons (Fsp3) is 0.200. The SMILES string of the molecule is CCOC(=O)Cn1c(=NC(=O)/C=C\c2ccc([N+](=O)[O-])s2)sc2cc(C(=O)OC)ccc21. The summed E-state index contributed by atoms with van der Waals surface area (Å²) in [6.07, 6.45) is 2.62. The quantitative estimate of drug-likeness (QED) is 0.222. The first kappa shape index (κ1) is 23.0. The third-order valence-corrected chi connectivity index (χ3v) is 6.13. The zero-order valence-corrected chi connectivity index (χ0v) is 18.6. The summed E-state index contributed by atoms with van der Waals surface area (Å²) in [6.45, 7) is 1.72. The molecule has 0 saturated carbocycles. The van der Waals surface area contributed by atoms with Crippen molar-refractivity contribution in [1.29, 1.82) is 0 Å². The summed E-state index contributed by atoms with van der Waals surface area (Å²) in [6, 6.07) is 7.67. The molecule has 0 aliphatic carbocycles. The van der Waals surface area contributed by atoms with Gasteiger partial charge in [0.1, 0.15) is 6.54 Å². The van der Waals surface area contributed by atoms with Crippen LogP contribution in [-0.2, 0) is 25.6 Å². The molecule has 0 spiro atoms. The molecule has 0 saturated heterocycles. The lowest BCUT2D eigenvalue weighted by Gasteiger charge is -2.05. The predicted molar refractivity (Wildman–Crippen MR) is 118 cm³/mol. The van der Waals surface area contributed by atoms with Crippen LogP contribution in [0.1, 0.15) is 22.2 Å². The minimum atomic E-state index is -0.613. The van der Waals surface area contributed by atoms with Crippen molar-refractivity contribution in [2.75, 3.05) is 13.7 Å². The Kier molecular flexibility index (Phi) is 7.28. The summed E-state index contributed by atoms with van der Waals surface area (Å²) in [5.41, 5.74) is 0.918. The maximum absolute atomic E-state index is 12.4. The molecule has 0 bridgehead atoms. The van der Waals surface area contributed by atoms with E-state index < -0.39 is 22.8 Å². The number of methoxy groups -OCH3 is 1. The van der Waals surface area contributed by atoms with Gasteiger partial charge in [-0.3, -0.25) is 19.7 Å². The molecule has 0 radical (unpaired) electrons. The number of hydrogen-bond donors (Lipinski definition) is 0. The Bertz CT molecular complexity index is 1300. The smallest absolute Gasteiger partial charge is 0.337 e. The van der Waals surface area contributed by atoms with Crippen molar-refractivity contribution in [3.8, 4) is 0 Å². The lowest BCUT2D eigenvalue weighted by molar-refractivity contribution is -0.380. The highest BCUT2D eigenvalue weighted by molar-refractivity contribution is 7.16. The van der Waals surface area contributed by atoms with E-state index >= 15 is 0 Å². The molecule has 1 aromatic carbocycles. The fourth-order valence-electron chi connectivity index (χ4n) is 2.71. The third-order valence-electron chi connectivity index (χ3n) is 4.08. The highest BCUT2D eigenvalue weighted by atomic mass is 32.1. The van der Waals surface area contributed by atoms with Crippen molar-refractivity contribution in [2.24, 2.45) is 4.99 Å². The molecule has 0 unspecified atom stereocenters. The molecule has 10 nitrogen and oxygen atoms in total. The van der Waals surface area contributed by atoms with Crippen LogP contribution in [0.15, 0.2) is 41.4 Å². The summed E-state index contributed by atoms with van der Waals surface area (Å²) < 4.78 is 11.9. The van der Waals surface area contributed by atoms with Crippen LogP contribution in [0.25, 0.3) is 16.3 Å². The molecule has 0 aliphatic heterocycles. The van der Waals surface area contributed by atoms with Crippen LogP contribution < -0.4 is 4.80 Å². The van der Waals surface area contributed by atoms with Crippen molar-refractivity contribution in [1.82, 2.24) is 4.57 Å². The van der Waals surface area contributed by atoms with Gasteiger partial charge in [-0.2, -0.15) is 4.99 Å². The highest BCUT2D eigenvalue weighted by Crippen LogP contribution is 2.25. The summed E-state index contributed by atoms with van der Waals surface area (Å²) in [5.74, 6) is -1.63. The second-order valence-electron chi connectivity index (χ2n) is 6.17. The summed E-state index contributed by atoms with van der Waals surface area (Å²) in [4.78, 5) is 51.4. The van der Waals surface area contributed by atoms with Crippen LogP contribution in [0.2, 0.25) is 0 Å².